The number of halogens is 2. The number of rotatable bonds is 8. The van der Waals surface area contributed by atoms with Gasteiger partial charge in [-0.05, 0) is 61.1 Å². The summed E-state index contributed by atoms with van der Waals surface area (Å²) in [7, 11) is -2.13. The number of anilines is 2. The summed E-state index contributed by atoms with van der Waals surface area (Å²) in [6.07, 6.45) is 0.828. The molecule has 0 heterocycles. The normalized spacial score (nSPS) is 11.1. The van der Waals surface area contributed by atoms with Crippen LogP contribution in [0.3, 0.4) is 0 Å². The van der Waals surface area contributed by atoms with Crippen molar-refractivity contribution in [1.29, 1.82) is 0 Å². The Morgan fingerprint density at radius 1 is 1.07 bits per heavy atom. The fourth-order valence-corrected chi connectivity index (χ4v) is 3.92. The van der Waals surface area contributed by atoms with Crippen molar-refractivity contribution in [3.8, 4) is 0 Å². The van der Waals surface area contributed by atoms with Crippen LogP contribution in [0.25, 0.3) is 0 Å². The van der Waals surface area contributed by atoms with Gasteiger partial charge in [0, 0.05) is 36.0 Å². The lowest BCUT2D eigenvalue weighted by atomic mass is 10.3. The SMILES string of the molecule is COCCCNC(=S)Nc1ccc(S(=O)(=O)Nc2cc(Cl)cc(Cl)c2)cc1. The molecule has 2 rings (SSSR count). The number of sulfonamides is 1. The van der Waals surface area contributed by atoms with E-state index >= 15 is 0 Å². The van der Waals surface area contributed by atoms with Gasteiger partial charge in [-0.15, -0.1) is 0 Å². The summed E-state index contributed by atoms with van der Waals surface area (Å²) in [6, 6.07) is 10.7. The molecule has 0 atom stereocenters. The van der Waals surface area contributed by atoms with Gasteiger partial charge < -0.3 is 15.4 Å². The van der Waals surface area contributed by atoms with Crippen LogP contribution in [0.5, 0.6) is 0 Å². The fraction of sp³-hybridized carbons (Fsp3) is 0.235. The molecule has 0 saturated heterocycles. The first-order chi connectivity index (χ1) is 12.8. The topological polar surface area (TPSA) is 79.5 Å². The lowest BCUT2D eigenvalue weighted by Gasteiger charge is -2.12. The number of methoxy groups -OCH3 is 1. The van der Waals surface area contributed by atoms with Gasteiger partial charge in [0.25, 0.3) is 10.0 Å². The van der Waals surface area contributed by atoms with E-state index in [-0.39, 0.29) is 10.6 Å². The zero-order valence-electron chi connectivity index (χ0n) is 14.5. The molecule has 0 aliphatic rings. The van der Waals surface area contributed by atoms with Gasteiger partial charge in [-0.1, -0.05) is 23.2 Å². The van der Waals surface area contributed by atoms with Crippen molar-refractivity contribution in [2.75, 3.05) is 30.3 Å². The summed E-state index contributed by atoms with van der Waals surface area (Å²) >= 11 is 17.0. The fourth-order valence-electron chi connectivity index (χ4n) is 2.14. The van der Waals surface area contributed by atoms with Crippen molar-refractivity contribution < 1.29 is 13.2 Å². The maximum atomic E-state index is 12.5. The standard InChI is InChI=1S/C17H19Cl2N3O3S2/c1-25-8-2-7-20-17(26)21-14-3-5-16(6-4-14)27(23,24)22-15-10-12(18)9-13(19)11-15/h3-6,9-11,22H,2,7-8H2,1H3,(H2,20,21,26). The summed E-state index contributed by atoms with van der Waals surface area (Å²) in [6.45, 7) is 1.32. The van der Waals surface area contributed by atoms with Crippen LogP contribution in [0.4, 0.5) is 11.4 Å². The molecule has 0 aliphatic heterocycles. The highest BCUT2D eigenvalue weighted by molar-refractivity contribution is 7.92. The van der Waals surface area contributed by atoms with Crippen LogP contribution in [0.1, 0.15) is 6.42 Å². The van der Waals surface area contributed by atoms with Gasteiger partial charge >= 0.3 is 0 Å². The quantitative estimate of drug-likeness (QED) is 0.417. The van der Waals surface area contributed by atoms with Crippen molar-refractivity contribution >= 4 is 61.9 Å². The molecule has 2 aromatic rings. The molecule has 0 fully saturated rings. The van der Waals surface area contributed by atoms with E-state index in [1.165, 1.54) is 30.3 Å². The maximum absolute atomic E-state index is 12.5. The minimum atomic E-state index is -3.77. The average Bonchev–Trinajstić information content (AvgIpc) is 2.58. The van der Waals surface area contributed by atoms with Crippen LogP contribution in [-0.2, 0) is 14.8 Å². The van der Waals surface area contributed by atoms with Gasteiger partial charge in [0.15, 0.2) is 5.11 Å². The minimum absolute atomic E-state index is 0.100. The van der Waals surface area contributed by atoms with Crippen LogP contribution < -0.4 is 15.4 Å². The molecule has 3 N–H and O–H groups in total. The smallest absolute Gasteiger partial charge is 0.261 e. The second-order valence-corrected chi connectivity index (χ2v) is 8.48. The second kappa shape index (κ2) is 10.1. The third-order valence-corrected chi connectivity index (χ3v) is 5.43. The molecular formula is C17H19Cl2N3O3S2. The van der Waals surface area contributed by atoms with Gasteiger partial charge in [0.1, 0.15) is 0 Å². The number of thiocarbonyl (C=S) groups is 1. The molecule has 0 spiro atoms. The summed E-state index contributed by atoms with van der Waals surface area (Å²) in [4.78, 5) is 0.100. The first-order valence-corrected chi connectivity index (χ1v) is 10.6. The van der Waals surface area contributed by atoms with Gasteiger partial charge in [-0.2, -0.15) is 0 Å². The van der Waals surface area contributed by atoms with Crippen molar-refractivity contribution in [2.45, 2.75) is 11.3 Å². The van der Waals surface area contributed by atoms with E-state index in [0.717, 1.165) is 6.42 Å². The monoisotopic (exact) mass is 447 g/mol. The van der Waals surface area contributed by atoms with Gasteiger partial charge in [-0.25, -0.2) is 8.42 Å². The summed E-state index contributed by atoms with van der Waals surface area (Å²) in [5.74, 6) is 0. The molecule has 0 unspecified atom stereocenters. The van der Waals surface area contributed by atoms with Crippen molar-refractivity contribution in [3.05, 3.63) is 52.5 Å². The van der Waals surface area contributed by atoms with Crippen LogP contribution in [0, 0.1) is 0 Å². The Morgan fingerprint density at radius 3 is 2.30 bits per heavy atom. The zero-order chi connectivity index (χ0) is 19.9. The van der Waals surface area contributed by atoms with E-state index in [1.54, 1.807) is 19.2 Å². The molecule has 2 aromatic carbocycles. The number of ether oxygens (including phenoxy) is 1. The molecule has 0 radical (unpaired) electrons. The average molecular weight is 448 g/mol. The third kappa shape index (κ3) is 7.15. The molecule has 0 aliphatic carbocycles. The Balaban J connectivity index is 1.99. The summed E-state index contributed by atoms with van der Waals surface area (Å²) in [5, 5.41) is 7.16. The Kier molecular flexibility index (Phi) is 8.12. The third-order valence-electron chi connectivity index (χ3n) is 3.35. The zero-order valence-corrected chi connectivity index (χ0v) is 17.6. The van der Waals surface area contributed by atoms with E-state index in [0.29, 0.717) is 34.0 Å². The van der Waals surface area contributed by atoms with Crippen molar-refractivity contribution in [2.24, 2.45) is 0 Å². The van der Waals surface area contributed by atoms with Gasteiger partial charge in [0.2, 0.25) is 0 Å². The van der Waals surface area contributed by atoms with Crippen LogP contribution >= 0.6 is 35.4 Å². The van der Waals surface area contributed by atoms with E-state index in [9.17, 15) is 8.42 Å². The molecule has 146 valence electrons. The molecule has 27 heavy (non-hydrogen) atoms. The van der Waals surface area contributed by atoms with Crippen LogP contribution in [0.2, 0.25) is 10.0 Å². The van der Waals surface area contributed by atoms with Crippen molar-refractivity contribution in [3.63, 3.8) is 0 Å². The lowest BCUT2D eigenvalue weighted by molar-refractivity contribution is 0.196. The second-order valence-electron chi connectivity index (χ2n) is 5.52. The van der Waals surface area contributed by atoms with Crippen LogP contribution in [-0.4, -0.2) is 33.8 Å². The number of nitrogens with one attached hydrogen (secondary N) is 3. The molecule has 6 nitrogen and oxygen atoms in total. The molecule has 0 saturated carbocycles. The van der Waals surface area contributed by atoms with E-state index < -0.39 is 10.0 Å². The number of hydrogen-bond donors (Lipinski definition) is 3. The highest BCUT2D eigenvalue weighted by Crippen LogP contribution is 2.25. The van der Waals surface area contributed by atoms with Gasteiger partial charge in [0.05, 0.1) is 10.6 Å². The Bertz CT molecular complexity index is 871. The number of hydrogen-bond acceptors (Lipinski definition) is 4. The highest BCUT2D eigenvalue weighted by Gasteiger charge is 2.15. The molecule has 10 heteroatoms. The number of benzene rings is 2. The first-order valence-electron chi connectivity index (χ1n) is 7.93. The van der Waals surface area contributed by atoms with Crippen molar-refractivity contribution in [1.82, 2.24) is 5.32 Å². The highest BCUT2D eigenvalue weighted by atomic mass is 35.5. The maximum Gasteiger partial charge on any atom is 0.261 e. The first kappa shape index (κ1) is 21.7. The van der Waals surface area contributed by atoms with E-state index in [2.05, 4.69) is 15.4 Å². The lowest BCUT2D eigenvalue weighted by Crippen LogP contribution is -2.29. The Labute approximate surface area is 174 Å². The van der Waals surface area contributed by atoms with E-state index in [1.807, 2.05) is 0 Å². The summed E-state index contributed by atoms with van der Waals surface area (Å²) < 4.78 is 32.4. The van der Waals surface area contributed by atoms with Crippen LogP contribution in [0.15, 0.2) is 47.4 Å². The molecule has 0 aromatic heterocycles. The minimum Gasteiger partial charge on any atom is -0.385 e. The largest absolute Gasteiger partial charge is 0.385 e. The van der Waals surface area contributed by atoms with E-state index in [4.69, 9.17) is 40.2 Å². The molecular weight excluding hydrogens is 429 g/mol. The molecule has 0 bridgehead atoms. The predicted molar refractivity (Wildman–Crippen MR) is 114 cm³/mol. The summed E-state index contributed by atoms with van der Waals surface area (Å²) in [5.41, 5.74) is 0.958. The molecule has 0 amide bonds. The Morgan fingerprint density at radius 2 is 1.70 bits per heavy atom. The van der Waals surface area contributed by atoms with Gasteiger partial charge in [-0.3, -0.25) is 4.72 Å². The predicted octanol–water partition coefficient (Wildman–Crippen LogP) is 4.12. The Hall–Kier alpha value is -1.58.